The number of para-hydroxylation sites is 1. The van der Waals surface area contributed by atoms with Gasteiger partial charge in [-0.1, -0.05) is 18.6 Å². The van der Waals surface area contributed by atoms with Crippen molar-refractivity contribution in [3.63, 3.8) is 0 Å². The Morgan fingerprint density at radius 3 is 2.91 bits per heavy atom. The first kappa shape index (κ1) is 24.0. The van der Waals surface area contributed by atoms with E-state index in [9.17, 15) is 9.59 Å². The fourth-order valence-electron chi connectivity index (χ4n) is 4.33. The molecule has 1 amide bonds. The predicted molar refractivity (Wildman–Crippen MR) is 135 cm³/mol. The summed E-state index contributed by atoms with van der Waals surface area (Å²) in [4.78, 5) is 28.2. The van der Waals surface area contributed by atoms with Gasteiger partial charge in [0.1, 0.15) is 17.6 Å². The van der Waals surface area contributed by atoms with Crippen molar-refractivity contribution in [3.05, 3.63) is 62.6 Å². The highest BCUT2D eigenvalue weighted by molar-refractivity contribution is 7.71. The summed E-state index contributed by atoms with van der Waals surface area (Å²) in [5.41, 5.74) is 2.75. The molecule has 1 aliphatic rings. The lowest BCUT2D eigenvalue weighted by Gasteiger charge is -2.13. The van der Waals surface area contributed by atoms with Crippen molar-refractivity contribution in [2.45, 2.75) is 65.1 Å². The van der Waals surface area contributed by atoms with Gasteiger partial charge in [-0.3, -0.25) is 14.2 Å². The molecule has 0 bridgehead atoms. The second kappa shape index (κ2) is 10.9. The zero-order valence-electron chi connectivity index (χ0n) is 19.7. The van der Waals surface area contributed by atoms with Gasteiger partial charge in [-0.2, -0.15) is 0 Å². The number of hydrogen-bond acceptors (Lipinski definition) is 5. The topological polar surface area (TPSA) is 85.4 Å². The molecule has 1 atom stereocenters. The number of carbonyl (C=O) groups excluding carboxylic acids is 1. The molecular weight excluding hydrogens is 450 g/mol. The summed E-state index contributed by atoms with van der Waals surface area (Å²) >= 11 is 5.36. The number of hydrogen-bond donors (Lipinski definition) is 2. The van der Waals surface area contributed by atoms with Crippen LogP contribution in [-0.4, -0.2) is 28.2 Å². The number of aromatic nitrogens is 2. The molecule has 8 heteroatoms. The highest BCUT2D eigenvalue weighted by atomic mass is 32.1. The van der Waals surface area contributed by atoms with E-state index in [1.165, 1.54) is 0 Å². The van der Waals surface area contributed by atoms with Crippen molar-refractivity contribution in [3.8, 4) is 11.5 Å². The smallest absolute Gasteiger partial charge is 0.262 e. The molecule has 0 saturated carbocycles. The van der Waals surface area contributed by atoms with Crippen LogP contribution >= 0.6 is 12.2 Å². The first-order valence-corrected chi connectivity index (χ1v) is 12.3. The molecule has 0 fully saturated rings. The Hall–Kier alpha value is -3.13. The Kier molecular flexibility index (Phi) is 7.67. The first-order chi connectivity index (χ1) is 16.5. The number of fused-ring (bicyclic) bond motifs is 2. The number of amides is 1. The second-order valence-electron chi connectivity index (χ2n) is 8.65. The molecule has 3 aromatic rings. The molecule has 0 saturated heterocycles. The van der Waals surface area contributed by atoms with Gasteiger partial charge in [-0.25, -0.2) is 0 Å². The molecule has 2 N–H and O–H groups in total. The number of benzene rings is 2. The van der Waals surface area contributed by atoms with Crippen LogP contribution in [0.3, 0.4) is 0 Å². The third-order valence-electron chi connectivity index (χ3n) is 6.03. The van der Waals surface area contributed by atoms with E-state index in [4.69, 9.17) is 21.7 Å². The zero-order chi connectivity index (χ0) is 24.1. The minimum Gasteiger partial charge on any atom is -0.494 e. The molecule has 2 aromatic carbocycles. The third kappa shape index (κ3) is 5.50. The summed E-state index contributed by atoms with van der Waals surface area (Å²) in [6.45, 7) is 5.51. The van der Waals surface area contributed by atoms with E-state index in [1.807, 2.05) is 44.2 Å². The minimum atomic E-state index is -0.0742. The van der Waals surface area contributed by atoms with Gasteiger partial charge in [0.05, 0.1) is 17.5 Å². The van der Waals surface area contributed by atoms with E-state index in [1.54, 1.807) is 10.6 Å². The van der Waals surface area contributed by atoms with E-state index < -0.39 is 0 Å². The van der Waals surface area contributed by atoms with Crippen LogP contribution in [0.1, 0.15) is 50.7 Å². The lowest BCUT2D eigenvalue weighted by Crippen LogP contribution is -2.23. The number of nitrogens with zero attached hydrogens (tertiary/aromatic N) is 1. The largest absolute Gasteiger partial charge is 0.494 e. The first-order valence-electron chi connectivity index (χ1n) is 11.9. The Balaban J connectivity index is 1.25. The molecule has 0 unspecified atom stereocenters. The number of aromatic amines is 1. The lowest BCUT2D eigenvalue weighted by molar-refractivity contribution is -0.121. The van der Waals surface area contributed by atoms with Crippen LogP contribution in [0.2, 0.25) is 0 Å². The number of H-pyrrole nitrogens is 1. The third-order valence-corrected chi connectivity index (χ3v) is 6.35. The van der Waals surface area contributed by atoms with Crippen LogP contribution in [0, 0.1) is 4.77 Å². The van der Waals surface area contributed by atoms with Crippen LogP contribution < -0.4 is 20.3 Å². The SMILES string of the molecule is CCOc1cc2c(cc1CNC(=O)CCCCCn1c(=S)[nH]c3ccccc3c1=O)O[C@H](C)C2. The fraction of sp³-hybridized carbons (Fsp3) is 0.423. The van der Waals surface area contributed by atoms with E-state index >= 15 is 0 Å². The van der Waals surface area contributed by atoms with Crippen LogP contribution in [0.15, 0.2) is 41.2 Å². The van der Waals surface area contributed by atoms with Gasteiger partial charge < -0.3 is 19.8 Å². The van der Waals surface area contributed by atoms with E-state index in [0.717, 1.165) is 53.8 Å². The van der Waals surface area contributed by atoms with Gasteiger partial charge in [0, 0.05) is 37.1 Å². The van der Waals surface area contributed by atoms with Crippen molar-refractivity contribution >= 4 is 29.0 Å². The average molecular weight is 482 g/mol. The van der Waals surface area contributed by atoms with Crippen molar-refractivity contribution in [2.24, 2.45) is 0 Å². The molecule has 1 aliphatic heterocycles. The summed E-state index contributed by atoms with van der Waals surface area (Å²) < 4.78 is 13.7. The standard InChI is InChI=1S/C26H31N3O4S/c1-3-32-22-14-18-13-17(2)33-23(18)15-19(22)16-27-24(30)11-5-4-8-12-29-25(31)20-9-6-7-10-21(20)28-26(29)34/h6-7,9-10,14-15,17H,3-5,8,11-13,16H2,1-2H3,(H,27,30)(H,28,34)/t17-/m1/s1. The lowest BCUT2D eigenvalue weighted by atomic mass is 10.1. The molecule has 0 aliphatic carbocycles. The van der Waals surface area contributed by atoms with Crippen molar-refractivity contribution in [2.75, 3.05) is 6.61 Å². The molecule has 7 nitrogen and oxygen atoms in total. The average Bonchev–Trinajstić information content (AvgIpc) is 3.18. The summed E-state index contributed by atoms with van der Waals surface area (Å²) in [5.74, 6) is 1.68. The number of ether oxygens (including phenoxy) is 2. The highest BCUT2D eigenvalue weighted by Crippen LogP contribution is 2.35. The number of nitrogens with one attached hydrogen (secondary N) is 2. The monoisotopic (exact) mass is 481 g/mol. The van der Waals surface area contributed by atoms with Gasteiger partial charge in [0.15, 0.2) is 4.77 Å². The van der Waals surface area contributed by atoms with Gasteiger partial charge in [-0.15, -0.1) is 0 Å². The molecule has 4 rings (SSSR count). The molecule has 1 aromatic heterocycles. The van der Waals surface area contributed by atoms with Crippen LogP contribution in [-0.2, 0) is 24.3 Å². The van der Waals surface area contributed by atoms with Crippen molar-refractivity contribution in [1.29, 1.82) is 0 Å². The van der Waals surface area contributed by atoms with E-state index in [0.29, 0.717) is 36.3 Å². The van der Waals surface area contributed by atoms with Gasteiger partial charge >= 0.3 is 0 Å². The Morgan fingerprint density at radius 1 is 1.26 bits per heavy atom. The molecule has 0 spiro atoms. The zero-order valence-corrected chi connectivity index (χ0v) is 20.5. The maximum Gasteiger partial charge on any atom is 0.262 e. The van der Waals surface area contributed by atoms with E-state index in [-0.39, 0.29) is 17.6 Å². The van der Waals surface area contributed by atoms with E-state index in [2.05, 4.69) is 10.3 Å². The van der Waals surface area contributed by atoms with Crippen LogP contribution in [0.4, 0.5) is 0 Å². The maximum atomic E-state index is 12.7. The minimum absolute atomic E-state index is 0.00241. The predicted octanol–water partition coefficient (Wildman–Crippen LogP) is 4.66. The van der Waals surface area contributed by atoms with Gasteiger partial charge in [-0.05, 0) is 63.2 Å². The Bertz CT molecular complexity index is 1300. The highest BCUT2D eigenvalue weighted by Gasteiger charge is 2.22. The summed E-state index contributed by atoms with van der Waals surface area (Å²) in [6.07, 6.45) is 3.82. The van der Waals surface area contributed by atoms with Crippen molar-refractivity contribution < 1.29 is 14.3 Å². The van der Waals surface area contributed by atoms with Crippen LogP contribution in [0.5, 0.6) is 11.5 Å². The molecule has 0 radical (unpaired) electrons. The number of carbonyl (C=O) groups is 1. The van der Waals surface area contributed by atoms with Crippen LogP contribution in [0.25, 0.3) is 10.9 Å². The summed E-state index contributed by atoms with van der Waals surface area (Å²) in [7, 11) is 0. The molecule has 34 heavy (non-hydrogen) atoms. The van der Waals surface area contributed by atoms with Crippen molar-refractivity contribution in [1.82, 2.24) is 14.9 Å². The molecule has 2 heterocycles. The summed E-state index contributed by atoms with van der Waals surface area (Å²) in [5, 5.41) is 3.63. The number of rotatable bonds is 10. The second-order valence-corrected chi connectivity index (χ2v) is 9.04. The number of unbranched alkanes of at least 4 members (excludes halogenated alkanes) is 2. The fourth-order valence-corrected chi connectivity index (χ4v) is 4.61. The maximum absolute atomic E-state index is 12.7. The molecule has 180 valence electrons. The van der Waals surface area contributed by atoms with Gasteiger partial charge in [0.25, 0.3) is 5.56 Å². The Labute approximate surface area is 204 Å². The quantitative estimate of drug-likeness (QED) is 0.325. The Morgan fingerprint density at radius 2 is 2.09 bits per heavy atom. The summed E-state index contributed by atoms with van der Waals surface area (Å²) in [6, 6.07) is 11.4. The van der Waals surface area contributed by atoms with Gasteiger partial charge in [0.2, 0.25) is 5.91 Å². The molecular formula is C26H31N3O4S. The normalized spacial score (nSPS) is 14.6.